The highest BCUT2D eigenvalue weighted by Gasteiger charge is 2.03. The summed E-state index contributed by atoms with van der Waals surface area (Å²) in [5.74, 6) is -0.925. The molecule has 0 fully saturated rings. The van der Waals surface area contributed by atoms with Crippen LogP contribution in [-0.2, 0) is 9.59 Å². The van der Waals surface area contributed by atoms with Gasteiger partial charge in [-0.05, 0) is 6.08 Å². The van der Waals surface area contributed by atoms with Gasteiger partial charge in [-0.15, -0.1) is 4.91 Å². The van der Waals surface area contributed by atoms with Gasteiger partial charge >= 0.3 is 5.91 Å². The molecule has 0 aliphatic carbocycles. The summed E-state index contributed by atoms with van der Waals surface area (Å²) in [4.78, 5) is 31.0. The molecule has 0 aliphatic heterocycles. The number of hydrogen-bond donors (Lipinski definition) is 0. The number of nitrogens with zero attached hydrogens (tertiary/aromatic N) is 1. The molecule has 4 heteroatoms. The molecule has 0 unspecified atom stereocenters. The molecule has 0 bridgehead atoms. The van der Waals surface area contributed by atoms with Gasteiger partial charge in [-0.1, -0.05) is 31.4 Å². The van der Waals surface area contributed by atoms with Crippen LogP contribution in [0.3, 0.4) is 0 Å². The second-order valence-corrected chi connectivity index (χ2v) is 2.21. The molecule has 0 saturated heterocycles. The minimum atomic E-state index is -0.925. The van der Waals surface area contributed by atoms with Crippen LogP contribution in [-0.4, -0.2) is 12.2 Å². The van der Waals surface area contributed by atoms with Crippen molar-refractivity contribution in [2.45, 2.75) is 0 Å². The van der Waals surface area contributed by atoms with Crippen molar-refractivity contribution in [1.29, 1.82) is 0 Å². The predicted octanol–water partition coefficient (Wildman–Crippen LogP) is 1.70. The van der Waals surface area contributed by atoms with Crippen LogP contribution in [0.1, 0.15) is 0 Å². The van der Waals surface area contributed by atoms with Crippen molar-refractivity contribution < 1.29 is 9.59 Å². The molecule has 4 nitrogen and oxygen atoms in total. The van der Waals surface area contributed by atoms with Crippen molar-refractivity contribution in [3.8, 4) is 0 Å². The van der Waals surface area contributed by atoms with Crippen molar-refractivity contribution in [3.63, 3.8) is 0 Å². The first-order valence-corrected chi connectivity index (χ1v) is 3.69. The van der Waals surface area contributed by atoms with Gasteiger partial charge in [0.25, 0.3) is 0 Å². The normalized spacial score (nSPS) is 11.7. The Morgan fingerprint density at radius 1 is 1.14 bits per heavy atom. The Bertz CT molecular complexity index is 327. The van der Waals surface area contributed by atoms with Gasteiger partial charge in [0.1, 0.15) is 6.29 Å². The topological polar surface area (TPSA) is 63.6 Å². The van der Waals surface area contributed by atoms with E-state index in [9.17, 15) is 14.5 Å². The molecule has 14 heavy (non-hydrogen) atoms. The Balaban J connectivity index is 4.94. The average molecular weight is 191 g/mol. The van der Waals surface area contributed by atoms with Gasteiger partial charge in [-0.3, -0.25) is 9.59 Å². The lowest BCUT2D eigenvalue weighted by molar-refractivity contribution is -0.114. The van der Waals surface area contributed by atoms with E-state index < -0.39 is 5.91 Å². The van der Waals surface area contributed by atoms with Crippen LogP contribution in [0, 0.1) is 4.91 Å². The van der Waals surface area contributed by atoms with Crippen LogP contribution in [0.4, 0.5) is 0 Å². The molecule has 0 aromatic rings. The van der Waals surface area contributed by atoms with E-state index in [0.29, 0.717) is 11.9 Å². The Morgan fingerprint density at radius 2 is 1.79 bits per heavy atom. The summed E-state index contributed by atoms with van der Waals surface area (Å²) >= 11 is 0. The molecule has 1 amide bonds. The highest BCUT2D eigenvalue weighted by Crippen LogP contribution is 2.01. The lowest BCUT2D eigenvalue weighted by Crippen LogP contribution is -1.93. The highest BCUT2D eigenvalue weighted by molar-refractivity contribution is 5.97. The van der Waals surface area contributed by atoms with E-state index in [1.807, 2.05) is 0 Å². The third kappa shape index (κ3) is 3.53. The van der Waals surface area contributed by atoms with Gasteiger partial charge in [0.05, 0.1) is 0 Å². The quantitative estimate of drug-likeness (QED) is 0.287. The molecule has 72 valence electrons. The summed E-state index contributed by atoms with van der Waals surface area (Å²) in [6, 6.07) is 0. The van der Waals surface area contributed by atoms with Gasteiger partial charge in [0.2, 0.25) is 0 Å². The van der Waals surface area contributed by atoms with Crippen molar-refractivity contribution in [2.75, 3.05) is 0 Å². The van der Waals surface area contributed by atoms with E-state index in [2.05, 4.69) is 18.3 Å². The van der Waals surface area contributed by atoms with Crippen LogP contribution in [0.5, 0.6) is 0 Å². The lowest BCUT2D eigenvalue weighted by Gasteiger charge is -1.89. The highest BCUT2D eigenvalue weighted by atomic mass is 16.3. The van der Waals surface area contributed by atoms with Gasteiger partial charge < -0.3 is 0 Å². The van der Waals surface area contributed by atoms with Crippen LogP contribution >= 0.6 is 0 Å². The predicted molar refractivity (Wildman–Crippen MR) is 53.4 cm³/mol. The molecule has 0 rings (SSSR count). The molecular formula is C10H9NO3. The monoisotopic (exact) mass is 191 g/mol. The van der Waals surface area contributed by atoms with E-state index in [1.54, 1.807) is 0 Å². The van der Waals surface area contributed by atoms with Crippen molar-refractivity contribution in [3.05, 3.63) is 53.5 Å². The Morgan fingerprint density at radius 3 is 2.14 bits per heavy atom. The largest absolute Gasteiger partial charge is 0.316 e. The fourth-order valence-electron chi connectivity index (χ4n) is 0.621. The van der Waals surface area contributed by atoms with Gasteiger partial charge in [-0.25, -0.2) is 0 Å². The van der Waals surface area contributed by atoms with Crippen LogP contribution in [0.2, 0.25) is 0 Å². The van der Waals surface area contributed by atoms with E-state index in [-0.39, 0.29) is 5.57 Å². The first-order valence-electron chi connectivity index (χ1n) is 3.69. The second kappa shape index (κ2) is 6.42. The first kappa shape index (κ1) is 11.9. The fraction of sp³-hybridized carbons (Fsp3) is 0. The van der Waals surface area contributed by atoms with Gasteiger partial charge in [0, 0.05) is 16.3 Å². The summed E-state index contributed by atoms with van der Waals surface area (Å²) in [7, 11) is 0. The molecule has 0 N–H and O–H groups in total. The summed E-state index contributed by atoms with van der Waals surface area (Å²) in [5.41, 5.74) is 0.323. The number of amides is 1. The number of hydrogen-bond acceptors (Lipinski definition) is 3. The Kier molecular flexibility index (Phi) is 5.46. The standard InChI is InChI=1S/C10H9NO3/c1-3-8(7-12)5-6-9(4-2)10(13)11-14/h3-7H,1-2H2/b8-5+,9-6+. The summed E-state index contributed by atoms with van der Waals surface area (Å²) in [5, 5.41) is 2.22. The van der Waals surface area contributed by atoms with Crippen molar-refractivity contribution in [2.24, 2.45) is 5.18 Å². The molecule has 0 aromatic carbocycles. The number of carbonyl (C=O) groups excluding carboxylic acids is 2. The van der Waals surface area contributed by atoms with Crippen molar-refractivity contribution in [1.82, 2.24) is 0 Å². The molecule has 0 spiro atoms. The van der Waals surface area contributed by atoms with Crippen molar-refractivity contribution >= 4 is 12.2 Å². The van der Waals surface area contributed by atoms with E-state index in [1.165, 1.54) is 24.3 Å². The van der Waals surface area contributed by atoms with E-state index in [4.69, 9.17) is 0 Å². The smallest absolute Gasteiger partial charge is 0.298 e. The number of aldehydes is 1. The molecule has 0 aliphatic rings. The zero-order valence-electron chi connectivity index (χ0n) is 7.47. The number of nitroso groups, excluding NO2 is 1. The molecule has 0 atom stereocenters. The number of rotatable bonds is 5. The molecule has 0 saturated carbocycles. The lowest BCUT2D eigenvalue weighted by atomic mass is 10.2. The third-order valence-corrected chi connectivity index (χ3v) is 1.38. The third-order valence-electron chi connectivity index (χ3n) is 1.38. The SMILES string of the molecule is C=C/C(C=O)=C\C=C(/C=C)C(=O)N=O. The fourth-order valence-corrected chi connectivity index (χ4v) is 0.621. The summed E-state index contributed by atoms with van der Waals surface area (Å²) in [6.45, 7) is 6.70. The maximum absolute atomic E-state index is 10.8. The number of carbonyl (C=O) groups is 2. The first-order chi connectivity index (χ1) is 6.69. The summed E-state index contributed by atoms with van der Waals surface area (Å²) in [6.07, 6.45) is 5.71. The van der Waals surface area contributed by atoms with E-state index >= 15 is 0 Å². The molecular weight excluding hydrogens is 182 g/mol. The second-order valence-electron chi connectivity index (χ2n) is 2.21. The molecule has 0 aromatic heterocycles. The zero-order valence-corrected chi connectivity index (χ0v) is 7.47. The Hall–Kier alpha value is -2.10. The van der Waals surface area contributed by atoms with E-state index in [0.717, 1.165) is 0 Å². The number of allylic oxidation sites excluding steroid dienone is 4. The zero-order chi connectivity index (χ0) is 11.0. The van der Waals surface area contributed by atoms with Gasteiger partial charge in [0.15, 0.2) is 0 Å². The minimum absolute atomic E-state index is 0.0289. The van der Waals surface area contributed by atoms with Crippen LogP contribution in [0.25, 0.3) is 0 Å². The Labute approximate surface area is 81.3 Å². The molecule has 0 heterocycles. The van der Waals surface area contributed by atoms with Crippen LogP contribution in [0.15, 0.2) is 53.8 Å². The summed E-state index contributed by atoms with van der Waals surface area (Å²) < 4.78 is 0. The van der Waals surface area contributed by atoms with Crippen LogP contribution < -0.4 is 0 Å². The average Bonchev–Trinajstić information content (AvgIpc) is 2.24. The maximum Gasteiger partial charge on any atom is 0.316 e. The minimum Gasteiger partial charge on any atom is -0.298 e. The van der Waals surface area contributed by atoms with Gasteiger partial charge in [-0.2, -0.15) is 0 Å². The molecule has 0 radical (unpaired) electrons. The maximum atomic E-state index is 10.8.